The number of hydrogen-bond acceptors (Lipinski definition) is 8. The number of nitrogens with zero attached hydrogens (tertiary/aromatic N) is 3. The van der Waals surface area contributed by atoms with Crippen LogP contribution in [0.3, 0.4) is 0 Å². The maximum absolute atomic E-state index is 11.8. The molecule has 9 nitrogen and oxygen atoms in total. The first-order valence-corrected chi connectivity index (χ1v) is 15.2. The van der Waals surface area contributed by atoms with Crippen molar-refractivity contribution < 1.29 is 19.4 Å². The van der Waals surface area contributed by atoms with Crippen LogP contribution in [0.25, 0.3) is 22.0 Å². The lowest BCUT2D eigenvalue weighted by atomic mass is 9.99. The van der Waals surface area contributed by atoms with Crippen LogP contribution in [0, 0.1) is 6.92 Å². The summed E-state index contributed by atoms with van der Waals surface area (Å²) in [5, 5.41) is 17.6. The molecule has 0 amide bonds. The average molecular weight is 582 g/mol. The van der Waals surface area contributed by atoms with Crippen molar-refractivity contribution in [1.29, 1.82) is 0 Å². The van der Waals surface area contributed by atoms with Crippen molar-refractivity contribution in [3.05, 3.63) is 78.1 Å². The van der Waals surface area contributed by atoms with Crippen molar-refractivity contribution >= 4 is 28.4 Å². The number of benzene rings is 2. The van der Waals surface area contributed by atoms with Gasteiger partial charge in [0, 0.05) is 30.0 Å². The molecule has 0 bridgehead atoms. The maximum atomic E-state index is 11.8. The summed E-state index contributed by atoms with van der Waals surface area (Å²) in [4.78, 5) is 23.2. The molecule has 0 spiro atoms. The highest BCUT2D eigenvalue weighted by molar-refractivity contribution is 5.91. The Morgan fingerprint density at radius 1 is 1.12 bits per heavy atom. The highest BCUT2D eigenvalue weighted by Gasteiger charge is 2.28. The first kappa shape index (κ1) is 29.0. The summed E-state index contributed by atoms with van der Waals surface area (Å²) in [5.74, 6) is 0.797. The zero-order chi connectivity index (χ0) is 29.6. The van der Waals surface area contributed by atoms with Gasteiger partial charge in [-0.05, 0) is 91.9 Å². The van der Waals surface area contributed by atoms with Gasteiger partial charge >= 0.3 is 5.97 Å². The Kier molecular flexibility index (Phi) is 9.12. The predicted molar refractivity (Wildman–Crippen MR) is 168 cm³/mol. The molecule has 6 rings (SSSR count). The van der Waals surface area contributed by atoms with Crippen LogP contribution >= 0.6 is 0 Å². The molecule has 9 heteroatoms. The summed E-state index contributed by atoms with van der Waals surface area (Å²) in [6.07, 6.45) is 7.24. The maximum Gasteiger partial charge on any atom is 0.320 e. The minimum absolute atomic E-state index is 0.434. The van der Waals surface area contributed by atoms with Crippen LogP contribution in [0.15, 0.2) is 67.0 Å². The Hall–Kier alpha value is -4.05. The number of carboxylic acids is 1. The van der Waals surface area contributed by atoms with E-state index < -0.39 is 12.0 Å². The van der Waals surface area contributed by atoms with Gasteiger partial charge in [-0.25, -0.2) is 4.98 Å². The topological polar surface area (TPSA) is 109 Å². The highest BCUT2D eigenvalue weighted by Crippen LogP contribution is 2.33. The van der Waals surface area contributed by atoms with E-state index in [4.69, 9.17) is 14.5 Å². The number of nitrogens with one attached hydrogen (secondary N) is 2. The Morgan fingerprint density at radius 3 is 2.84 bits per heavy atom. The number of aromatic nitrogens is 2. The Labute approximate surface area is 252 Å². The standard InChI is InChI=1S/C34H39N5O4/c1-23-29(25-7-4-8-28(18-25)43-16-6-13-35-27-21-42-22-27)9-5-10-30(23)38-33-32-26(12-14-36-33)17-24(19-37-32)20-39-15-3-2-11-31(39)34(40)41/h4-5,7-10,12,14,17-19,27,31,35H,2-3,6,11,13,15-16,20-22H2,1H3,(H,36,38)(H,40,41). The summed E-state index contributed by atoms with van der Waals surface area (Å²) < 4.78 is 11.3. The average Bonchev–Trinajstić information content (AvgIpc) is 2.99. The van der Waals surface area contributed by atoms with Crippen molar-refractivity contribution in [1.82, 2.24) is 20.2 Å². The molecule has 224 valence electrons. The first-order chi connectivity index (χ1) is 21.0. The Bertz CT molecular complexity index is 1570. The number of ether oxygens (including phenoxy) is 2. The Morgan fingerprint density at radius 2 is 2.00 bits per heavy atom. The van der Waals surface area contributed by atoms with Crippen LogP contribution in [-0.4, -0.2) is 70.9 Å². The summed E-state index contributed by atoms with van der Waals surface area (Å²) in [5.41, 5.74) is 6.05. The zero-order valence-electron chi connectivity index (χ0n) is 24.6. The van der Waals surface area contributed by atoms with Gasteiger partial charge in [-0.1, -0.05) is 30.7 Å². The molecule has 2 fully saturated rings. The van der Waals surface area contributed by atoms with Gasteiger partial charge in [0.1, 0.15) is 17.3 Å². The van der Waals surface area contributed by atoms with E-state index in [1.54, 1.807) is 6.20 Å². The fourth-order valence-corrected chi connectivity index (χ4v) is 5.86. The second-order valence-corrected chi connectivity index (χ2v) is 11.4. The second kappa shape index (κ2) is 13.5. The number of likely N-dealkylation sites (tertiary alicyclic amines) is 1. The fourth-order valence-electron chi connectivity index (χ4n) is 5.86. The summed E-state index contributed by atoms with van der Waals surface area (Å²) >= 11 is 0. The van der Waals surface area contributed by atoms with Gasteiger partial charge in [-0.15, -0.1) is 0 Å². The molecule has 2 aliphatic rings. The number of anilines is 2. The van der Waals surface area contributed by atoms with Crippen molar-refractivity contribution in [2.45, 2.75) is 51.2 Å². The number of pyridine rings is 2. The van der Waals surface area contributed by atoms with Crippen LogP contribution in [0.4, 0.5) is 11.5 Å². The van der Waals surface area contributed by atoms with Crippen LogP contribution in [0.2, 0.25) is 0 Å². The molecule has 2 aromatic heterocycles. The molecule has 4 heterocycles. The first-order valence-electron chi connectivity index (χ1n) is 15.2. The second-order valence-electron chi connectivity index (χ2n) is 11.4. The van der Waals surface area contributed by atoms with E-state index in [1.807, 2.05) is 35.4 Å². The van der Waals surface area contributed by atoms with Gasteiger partial charge in [0.25, 0.3) is 0 Å². The summed E-state index contributed by atoms with van der Waals surface area (Å²) in [7, 11) is 0. The SMILES string of the molecule is Cc1c(Nc2nccc3cc(CN4CCCCC4C(=O)O)cnc23)cccc1-c1cccc(OCCCNC2COC2)c1. The van der Waals surface area contributed by atoms with E-state index in [9.17, 15) is 9.90 Å². The number of fused-ring (bicyclic) bond motifs is 1. The molecular weight excluding hydrogens is 542 g/mol. The van der Waals surface area contributed by atoms with E-state index >= 15 is 0 Å². The summed E-state index contributed by atoms with van der Waals surface area (Å²) in [6.45, 7) is 6.65. The highest BCUT2D eigenvalue weighted by atomic mass is 16.5. The zero-order valence-corrected chi connectivity index (χ0v) is 24.6. The van der Waals surface area contributed by atoms with Crippen LogP contribution < -0.4 is 15.4 Å². The number of carbonyl (C=O) groups is 1. The lowest BCUT2D eigenvalue weighted by Crippen LogP contribution is -2.46. The number of aliphatic carboxylic acids is 1. The van der Waals surface area contributed by atoms with Gasteiger partial charge < -0.3 is 25.2 Å². The molecule has 1 atom stereocenters. The van der Waals surface area contributed by atoms with Crippen molar-refractivity contribution in [2.24, 2.45) is 0 Å². The van der Waals surface area contributed by atoms with E-state index in [1.165, 1.54) is 0 Å². The van der Waals surface area contributed by atoms with E-state index in [-0.39, 0.29) is 0 Å². The minimum Gasteiger partial charge on any atom is -0.494 e. The largest absolute Gasteiger partial charge is 0.494 e. The monoisotopic (exact) mass is 581 g/mol. The van der Waals surface area contributed by atoms with Crippen molar-refractivity contribution in [3.8, 4) is 16.9 Å². The van der Waals surface area contributed by atoms with Gasteiger partial charge in [-0.2, -0.15) is 0 Å². The van der Waals surface area contributed by atoms with E-state index in [2.05, 4.69) is 52.9 Å². The molecule has 2 aromatic carbocycles. The number of piperidine rings is 1. The predicted octanol–water partition coefficient (Wildman–Crippen LogP) is 5.55. The van der Waals surface area contributed by atoms with Crippen molar-refractivity contribution in [2.75, 3.05) is 38.2 Å². The van der Waals surface area contributed by atoms with Crippen LogP contribution in [0.5, 0.6) is 5.75 Å². The normalized spacial score (nSPS) is 17.5. The molecule has 1 unspecified atom stereocenters. The number of carboxylic acid groups (broad SMARTS) is 1. The minimum atomic E-state index is -0.746. The Balaban J connectivity index is 1.15. The molecule has 0 saturated carbocycles. The van der Waals surface area contributed by atoms with Gasteiger partial charge in [-0.3, -0.25) is 14.7 Å². The third-order valence-corrected chi connectivity index (χ3v) is 8.33. The molecule has 43 heavy (non-hydrogen) atoms. The quantitative estimate of drug-likeness (QED) is 0.186. The van der Waals surface area contributed by atoms with Crippen molar-refractivity contribution in [3.63, 3.8) is 0 Å². The molecule has 2 saturated heterocycles. The summed E-state index contributed by atoms with van der Waals surface area (Å²) in [6, 6.07) is 18.5. The lowest BCUT2D eigenvalue weighted by molar-refractivity contribution is -0.144. The van der Waals surface area contributed by atoms with Gasteiger partial charge in [0.05, 0.1) is 25.9 Å². The van der Waals surface area contributed by atoms with E-state index in [0.29, 0.717) is 31.4 Å². The van der Waals surface area contributed by atoms with Gasteiger partial charge in [0.15, 0.2) is 5.82 Å². The number of hydrogen-bond donors (Lipinski definition) is 3. The fraction of sp³-hybridized carbons (Fsp3) is 0.382. The van der Waals surface area contributed by atoms with E-state index in [0.717, 1.165) is 90.2 Å². The molecule has 0 radical (unpaired) electrons. The molecule has 2 aliphatic heterocycles. The molecule has 4 aromatic rings. The molecule has 0 aliphatic carbocycles. The van der Waals surface area contributed by atoms with Crippen LogP contribution in [0.1, 0.15) is 36.8 Å². The number of rotatable bonds is 12. The lowest BCUT2D eigenvalue weighted by Gasteiger charge is -2.32. The third-order valence-electron chi connectivity index (χ3n) is 8.33. The third kappa shape index (κ3) is 6.96. The smallest absolute Gasteiger partial charge is 0.320 e. The van der Waals surface area contributed by atoms with Crippen LogP contribution in [-0.2, 0) is 16.1 Å². The molecular formula is C34H39N5O4. The molecule has 3 N–H and O–H groups in total. The van der Waals surface area contributed by atoms with Gasteiger partial charge in [0.2, 0.25) is 0 Å².